The second-order valence-electron chi connectivity index (χ2n) is 5.09. The summed E-state index contributed by atoms with van der Waals surface area (Å²) < 4.78 is 10.5. The van der Waals surface area contributed by atoms with Crippen molar-refractivity contribution < 1.29 is 29.0 Å². The molecule has 0 radical (unpaired) electrons. The highest BCUT2D eigenvalue weighted by atomic mass is 79.9. The predicted octanol–water partition coefficient (Wildman–Crippen LogP) is 2.26. The van der Waals surface area contributed by atoms with Gasteiger partial charge in [0, 0.05) is 6.42 Å². The molecule has 0 aromatic heterocycles. The Bertz CT molecular complexity index is 379. The van der Waals surface area contributed by atoms with E-state index in [0.717, 1.165) is 0 Å². The number of carboxylic acids is 1. The molecule has 0 aliphatic heterocycles. The van der Waals surface area contributed by atoms with Crippen LogP contribution in [0.15, 0.2) is 0 Å². The van der Waals surface area contributed by atoms with Gasteiger partial charge in [-0.3, -0.25) is 14.4 Å². The number of carboxylic acid groups (broad SMARTS) is 1. The van der Waals surface area contributed by atoms with E-state index in [9.17, 15) is 14.4 Å². The van der Waals surface area contributed by atoms with E-state index in [-0.39, 0.29) is 12.8 Å². The fraction of sp³-hybridized carbons (Fsp3) is 0.769. The fourth-order valence-corrected chi connectivity index (χ4v) is 2.34. The van der Waals surface area contributed by atoms with Crippen LogP contribution in [-0.4, -0.2) is 44.9 Å². The summed E-state index contributed by atoms with van der Waals surface area (Å²) in [6.45, 7) is 3.26. The van der Waals surface area contributed by atoms with E-state index in [0.29, 0.717) is 6.42 Å². The first-order chi connectivity index (χ1) is 9.70. The summed E-state index contributed by atoms with van der Waals surface area (Å²) in [4.78, 5) is 33.4. The zero-order valence-electron chi connectivity index (χ0n) is 11.8. The van der Waals surface area contributed by atoms with Crippen LogP contribution >= 0.6 is 31.9 Å². The third-order valence-electron chi connectivity index (χ3n) is 3.19. The van der Waals surface area contributed by atoms with Crippen LogP contribution < -0.4 is 0 Å². The van der Waals surface area contributed by atoms with Crippen molar-refractivity contribution in [2.75, 3.05) is 0 Å². The quantitative estimate of drug-likeness (QED) is 0.532. The van der Waals surface area contributed by atoms with E-state index < -0.39 is 45.7 Å². The molecule has 0 heterocycles. The third kappa shape index (κ3) is 5.94. The number of carbonyl (C=O) groups is 3. The maximum absolute atomic E-state index is 11.6. The van der Waals surface area contributed by atoms with E-state index in [1.54, 1.807) is 13.8 Å². The SMILES string of the molecule is CC(Br)C(=O)OC1CC(OC(=O)C(C)Br)CC(C(=O)O)C1. The van der Waals surface area contributed by atoms with Gasteiger partial charge in [0.15, 0.2) is 0 Å². The van der Waals surface area contributed by atoms with Gasteiger partial charge in [0.2, 0.25) is 0 Å². The minimum Gasteiger partial charge on any atom is -0.481 e. The van der Waals surface area contributed by atoms with Gasteiger partial charge >= 0.3 is 17.9 Å². The van der Waals surface area contributed by atoms with Crippen LogP contribution in [0.3, 0.4) is 0 Å². The van der Waals surface area contributed by atoms with E-state index in [4.69, 9.17) is 14.6 Å². The lowest BCUT2D eigenvalue weighted by Gasteiger charge is -2.32. The molecule has 1 saturated carbocycles. The van der Waals surface area contributed by atoms with Crippen molar-refractivity contribution in [1.82, 2.24) is 0 Å². The van der Waals surface area contributed by atoms with Gasteiger partial charge in [0.05, 0.1) is 5.92 Å². The Morgan fingerprint density at radius 2 is 1.33 bits per heavy atom. The Morgan fingerprint density at radius 1 is 0.952 bits per heavy atom. The highest BCUT2D eigenvalue weighted by Crippen LogP contribution is 2.30. The molecular weight excluding hydrogens is 412 g/mol. The molecule has 0 aromatic rings. The molecule has 8 heteroatoms. The van der Waals surface area contributed by atoms with Gasteiger partial charge in [0.1, 0.15) is 21.9 Å². The number of halogens is 2. The van der Waals surface area contributed by atoms with E-state index in [1.807, 2.05) is 0 Å². The van der Waals surface area contributed by atoms with Crippen molar-refractivity contribution in [1.29, 1.82) is 0 Å². The molecule has 0 amide bonds. The smallest absolute Gasteiger partial charge is 0.319 e. The number of alkyl halides is 2. The highest BCUT2D eigenvalue weighted by molar-refractivity contribution is 9.10. The lowest BCUT2D eigenvalue weighted by molar-refractivity contribution is -0.165. The van der Waals surface area contributed by atoms with Gasteiger partial charge in [-0.2, -0.15) is 0 Å². The summed E-state index contributed by atoms with van der Waals surface area (Å²) in [6, 6.07) is 0. The average Bonchev–Trinajstić information content (AvgIpc) is 2.37. The molecule has 1 aliphatic rings. The fourth-order valence-electron chi connectivity index (χ4n) is 2.13. The van der Waals surface area contributed by atoms with Crippen LogP contribution in [0.5, 0.6) is 0 Å². The van der Waals surface area contributed by atoms with Crippen LogP contribution in [0, 0.1) is 5.92 Å². The average molecular weight is 430 g/mol. The minimum absolute atomic E-state index is 0.235. The molecule has 120 valence electrons. The van der Waals surface area contributed by atoms with Crippen molar-refractivity contribution >= 4 is 49.8 Å². The molecule has 0 spiro atoms. The molecule has 6 nitrogen and oxygen atoms in total. The Labute approximate surface area is 139 Å². The summed E-state index contributed by atoms with van der Waals surface area (Å²) in [6.07, 6.45) is -0.329. The van der Waals surface area contributed by atoms with E-state index in [1.165, 1.54) is 0 Å². The van der Waals surface area contributed by atoms with Gasteiger partial charge in [-0.15, -0.1) is 0 Å². The maximum atomic E-state index is 11.6. The first-order valence-electron chi connectivity index (χ1n) is 6.62. The molecule has 4 atom stereocenters. The lowest BCUT2D eigenvalue weighted by Crippen LogP contribution is -2.39. The zero-order chi connectivity index (χ0) is 16.2. The Balaban J connectivity index is 2.70. The van der Waals surface area contributed by atoms with Crippen LogP contribution in [0.4, 0.5) is 0 Å². The molecule has 1 rings (SSSR count). The Kier molecular flexibility index (Phi) is 7.12. The van der Waals surface area contributed by atoms with Crippen molar-refractivity contribution in [2.45, 2.75) is 55.0 Å². The first-order valence-corrected chi connectivity index (χ1v) is 8.45. The summed E-state index contributed by atoms with van der Waals surface area (Å²) in [5.41, 5.74) is 0. The van der Waals surface area contributed by atoms with Crippen LogP contribution in [0.1, 0.15) is 33.1 Å². The van der Waals surface area contributed by atoms with Gasteiger partial charge in [0.25, 0.3) is 0 Å². The molecular formula is C13H18Br2O6. The molecule has 0 saturated heterocycles. The normalized spacial score (nSPS) is 28.3. The van der Waals surface area contributed by atoms with Gasteiger partial charge in [-0.25, -0.2) is 0 Å². The summed E-state index contributed by atoms with van der Waals surface area (Å²) >= 11 is 6.21. The Morgan fingerprint density at radius 3 is 1.62 bits per heavy atom. The second-order valence-corrected chi connectivity index (χ2v) is 7.84. The van der Waals surface area contributed by atoms with Crippen LogP contribution in [0.25, 0.3) is 0 Å². The van der Waals surface area contributed by atoms with Crippen molar-refractivity contribution in [3.63, 3.8) is 0 Å². The molecule has 1 N–H and O–H groups in total. The molecule has 1 aliphatic carbocycles. The standard InChI is InChI=1S/C13H18Br2O6/c1-6(14)12(18)20-9-3-8(11(16)17)4-10(5-9)21-13(19)7(2)15/h6-10H,3-5H2,1-2H3,(H,16,17). The summed E-state index contributed by atoms with van der Waals surface area (Å²) in [7, 11) is 0. The number of hydrogen-bond donors (Lipinski definition) is 1. The summed E-state index contributed by atoms with van der Waals surface area (Å²) in [5, 5.41) is 9.16. The second kappa shape index (κ2) is 8.12. The molecule has 1 fully saturated rings. The lowest BCUT2D eigenvalue weighted by atomic mass is 9.85. The van der Waals surface area contributed by atoms with Crippen molar-refractivity contribution in [2.24, 2.45) is 5.92 Å². The summed E-state index contributed by atoms with van der Waals surface area (Å²) in [5.74, 6) is -2.57. The number of ether oxygens (including phenoxy) is 2. The van der Waals surface area contributed by atoms with Crippen LogP contribution in [0.2, 0.25) is 0 Å². The number of esters is 2. The molecule has 0 bridgehead atoms. The first kappa shape index (κ1) is 18.4. The monoisotopic (exact) mass is 428 g/mol. The highest BCUT2D eigenvalue weighted by Gasteiger charge is 2.37. The van der Waals surface area contributed by atoms with Gasteiger partial charge in [-0.1, -0.05) is 31.9 Å². The molecule has 4 unspecified atom stereocenters. The molecule has 21 heavy (non-hydrogen) atoms. The third-order valence-corrected chi connectivity index (χ3v) is 3.93. The molecule has 0 aromatic carbocycles. The van der Waals surface area contributed by atoms with Crippen molar-refractivity contribution in [3.05, 3.63) is 0 Å². The maximum Gasteiger partial charge on any atom is 0.319 e. The largest absolute Gasteiger partial charge is 0.481 e. The van der Waals surface area contributed by atoms with E-state index in [2.05, 4.69) is 31.9 Å². The zero-order valence-corrected chi connectivity index (χ0v) is 14.9. The number of aliphatic carboxylic acids is 1. The van der Waals surface area contributed by atoms with Crippen molar-refractivity contribution in [3.8, 4) is 0 Å². The topological polar surface area (TPSA) is 89.9 Å². The predicted molar refractivity (Wildman–Crippen MR) is 81.5 cm³/mol. The number of rotatable bonds is 5. The van der Waals surface area contributed by atoms with Crippen LogP contribution in [-0.2, 0) is 23.9 Å². The van der Waals surface area contributed by atoms with Gasteiger partial charge in [-0.05, 0) is 26.7 Å². The van der Waals surface area contributed by atoms with Gasteiger partial charge < -0.3 is 14.6 Å². The Hall–Kier alpha value is -0.630. The number of hydrogen-bond acceptors (Lipinski definition) is 5. The minimum atomic E-state index is -0.976. The van der Waals surface area contributed by atoms with E-state index >= 15 is 0 Å². The number of carbonyl (C=O) groups excluding carboxylic acids is 2.